The molecule has 3 heterocycles. The Hall–Kier alpha value is -2.12. The van der Waals surface area contributed by atoms with Gasteiger partial charge in [0.25, 0.3) is 0 Å². The zero-order valence-electron chi connectivity index (χ0n) is 15.2. The van der Waals surface area contributed by atoms with Gasteiger partial charge in [-0.3, -0.25) is 9.20 Å². The van der Waals surface area contributed by atoms with Crippen molar-refractivity contribution in [2.75, 3.05) is 18.8 Å². The number of carbonyl (C=O) groups is 1. The first-order valence-electron chi connectivity index (χ1n) is 8.82. The molecule has 0 radical (unpaired) electrons. The van der Waals surface area contributed by atoms with E-state index in [2.05, 4.69) is 29.3 Å². The molecule has 0 spiro atoms. The highest BCUT2D eigenvalue weighted by Crippen LogP contribution is 2.26. The Morgan fingerprint density at radius 1 is 1.23 bits per heavy atom. The number of rotatable bonds is 3. The summed E-state index contributed by atoms with van der Waals surface area (Å²) in [6, 6.07) is 10.2. The molecule has 1 aromatic carbocycles. The maximum atomic E-state index is 12.6. The summed E-state index contributed by atoms with van der Waals surface area (Å²) in [4.78, 5) is 14.5. The summed E-state index contributed by atoms with van der Waals surface area (Å²) in [6.07, 6.45) is 0.155. The molecule has 6 nitrogen and oxygen atoms in total. The summed E-state index contributed by atoms with van der Waals surface area (Å²) < 4.78 is 7.74. The largest absolute Gasteiger partial charge is 0.372 e. The van der Waals surface area contributed by atoms with E-state index in [1.54, 1.807) is 0 Å². The van der Waals surface area contributed by atoms with Crippen LogP contribution in [0.15, 0.2) is 35.5 Å². The molecule has 2 aromatic heterocycles. The first-order chi connectivity index (χ1) is 12.5. The summed E-state index contributed by atoms with van der Waals surface area (Å²) in [5, 5.41) is 10.5. The number of benzene rings is 1. The highest BCUT2D eigenvalue weighted by Gasteiger charge is 2.26. The molecule has 136 valence electrons. The van der Waals surface area contributed by atoms with E-state index < -0.39 is 0 Å². The molecule has 1 fully saturated rings. The van der Waals surface area contributed by atoms with Crippen molar-refractivity contribution in [3.63, 3.8) is 0 Å². The van der Waals surface area contributed by atoms with Gasteiger partial charge in [0.1, 0.15) is 0 Å². The number of nitrogens with zero attached hydrogens (tertiary/aromatic N) is 4. The zero-order valence-corrected chi connectivity index (χ0v) is 16.0. The fourth-order valence-electron chi connectivity index (χ4n) is 3.57. The molecule has 1 aliphatic heterocycles. The number of fused-ring (bicyclic) bond motifs is 3. The fraction of sp³-hybridized carbons (Fsp3) is 0.421. The quantitative estimate of drug-likeness (QED) is 0.664. The number of morpholine rings is 1. The average molecular weight is 370 g/mol. The van der Waals surface area contributed by atoms with Gasteiger partial charge in [-0.2, -0.15) is 0 Å². The second kappa shape index (κ2) is 6.89. The van der Waals surface area contributed by atoms with Gasteiger partial charge in [-0.05, 0) is 38.5 Å². The van der Waals surface area contributed by atoms with E-state index in [1.807, 2.05) is 41.3 Å². The monoisotopic (exact) mass is 370 g/mol. The molecule has 2 atom stereocenters. The van der Waals surface area contributed by atoms with Crippen molar-refractivity contribution in [2.45, 2.75) is 38.1 Å². The van der Waals surface area contributed by atoms with Gasteiger partial charge >= 0.3 is 0 Å². The Morgan fingerprint density at radius 2 is 1.96 bits per heavy atom. The van der Waals surface area contributed by atoms with Crippen molar-refractivity contribution in [2.24, 2.45) is 0 Å². The molecule has 2 unspecified atom stereocenters. The van der Waals surface area contributed by atoms with Crippen molar-refractivity contribution in [3.05, 3.63) is 35.9 Å². The summed E-state index contributed by atoms with van der Waals surface area (Å²) in [7, 11) is 0. The molecule has 4 rings (SSSR count). The van der Waals surface area contributed by atoms with Crippen molar-refractivity contribution in [1.29, 1.82) is 0 Å². The molecule has 1 amide bonds. The molecule has 3 aromatic rings. The first-order valence-corrected chi connectivity index (χ1v) is 9.81. The molecule has 1 saturated heterocycles. The standard InChI is InChI=1S/C19H22N4O2S/c1-12-8-17-20-21-19(23(17)16-7-5-4-6-15(12)16)26-11-18(24)22-9-13(2)25-14(3)10-22/h4-8,13-14H,9-11H2,1-3H3. The second-order valence-corrected chi connectivity index (χ2v) is 7.81. The molecule has 26 heavy (non-hydrogen) atoms. The SMILES string of the molecule is Cc1cc2nnc(SCC(=O)N3CC(C)OC(C)C3)n2c2ccccc12. The number of carbonyl (C=O) groups excluding carboxylic acids is 1. The van der Waals surface area contributed by atoms with Gasteiger partial charge in [-0.15, -0.1) is 10.2 Å². The van der Waals surface area contributed by atoms with E-state index >= 15 is 0 Å². The highest BCUT2D eigenvalue weighted by atomic mass is 32.2. The van der Waals surface area contributed by atoms with Crippen LogP contribution in [0.2, 0.25) is 0 Å². The predicted octanol–water partition coefficient (Wildman–Crippen LogP) is 2.92. The average Bonchev–Trinajstić information content (AvgIpc) is 3.02. The van der Waals surface area contributed by atoms with Gasteiger partial charge in [0, 0.05) is 18.5 Å². The molecular formula is C19H22N4O2S. The van der Waals surface area contributed by atoms with Crippen LogP contribution in [0.4, 0.5) is 0 Å². The van der Waals surface area contributed by atoms with Gasteiger partial charge < -0.3 is 9.64 Å². The Morgan fingerprint density at radius 3 is 2.73 bits per heavy atom. The molecule has 1 aliphatic rings. The number of hydrogen-bond donors (Lipinski definition) is 0. The lowest BCUT2D eigenvalue weighted by Crippen LogP contribution is -2.48. The van der Waals surface area contributed by atoms with Crippen LogP contribution >= 0.6 is 11.8 Å². The van der Waals surface area contributed by atoms with Gasteiger partial charge in [0.05, 0.1) is 23.5 Å². The van der Waals surface area contributed by atoms with Crippen LogP contribution in [0.3, 0.4) is 0 Å². The first kappa shape index (κ1) is 17.3. The number of pyridine rings is 1. The minimum Gasteiger partial charge on any atom is -0.372 e. The minimum atomic E-state index is 0.0774. The minimum absolute atomic E-state index is 0.0774. The second-order valence-electron chi connectivity index (χ2n) is 6.87. The van der Waals surface area contributed by atoms with Crippen molar-refractivity contribution < 1.29 is 9.53 Å². The third-order valence-electron chi connectivity index (χ3n) is 4.67. The summed E-state index contributed by atoms with van der Waals surface area (Å²) in [5.41, 5.74) is 3.05. The van der Waals surface area contributed by atoms with Crippen LogP contribution in [0.1, 0.15) is 19.4 Å². The van der Waals surface area contributed by atoms with E-state index in [-0.39, 0.29) is 18.1 Å². The number of amides is 1. The van der Waals surface area contributed by atoms with Crippen LogP contribution in [-0.4, -0.2) is 56.5 Å². The molecule has 0 saturated carbocycles. The summed E-state index contributed by atoms with van der Waals surface area (Å²) in [5.74, 6) is 0.466. The van der Waals surface area contributed by atoms with E-state index in [0.29, 0.717) is 18.8 Å². The Labute approximate surface area is 156 Å². The highest BCUT2D eigenvalue weighted by molar-refractivity contribution is 7.99. The van der Waals surface area contributed by atoms with Crippen LogP contribution in [0, 0.1) is 6.92 Å². The van der Waals surface area contributed by atoms with E-state index in [1.165, 1.54) is 22.7 Å². The van der Waals surface area contributed by atoms with Crippen LogP contribution in [0.25, 0.3) is 16.6 Å². The number of thioether (sulfide) groups is 1. The third-order valence-corrected chi connectivity index (χ3v) is 5.58. The molecule has 7 heteroatoms. The smallest absolute Gasteiger partial charge is 0.233 e. The molecule has 0 bridgehead atoms. The van der Waals surface area contributed by atoms with Gasteiger partial charge in [0.15, 0.2) is 10.8 Å². The van der Waals surface area contributed by atoms with Crippen molar-refractivity contribution in [1.82, 2.24) is 19.5 Å². The Kier molecular flexibility index (Phi) is 4.58. The Bertz CT molecular complexity index is 961. The zero-order chi connectivity index (χ0) is 18.3. The summed E-state index contributed by atoms with van der Waals surface area (Å²) in [6.45, 7) is 7.38. The van der Waals surface area contributed by atoms with Gasteiger partial charge in [0.2, 0.25) is 5.91 Å². The number of para-hydroxylation sites is 1. The van der Waals surface area contributed by atoms with Crippen molar-refractivity contribution in [3.8, 4) is 0 Å². The molecule has 0 N–H and O–H groups in total. The van der Waals surface area contributed by atoms with E-state index in [0.717, 1.165) is 16.3 Å². The number of hydrogen-bond acceptors (Lipinski definition) is 5. The lowest BCUT2D eigenvalue weighted by atomic mass is 10.1. The topological polar surface area (TPSA) is 59.7 Å². The van der Waals surface area contributed by atoms with E-state index in [4.69, 9.17) is 4.74 Å². The third kappa shape index (κ3) is 3.17. The fourth-order valence-corrected chi connectivity index (χ4v) is 4.42. The predicted molar refractivity (Wildman–Crippen MR) is 103 cm³/mol. The lowest BCUT2D eigenvalue weighted by Gasteiger charge is -2.35. The number of aryl methyl sites for hydroxylation is 1. The molecular weight excluding hydrogens is 348 g/mol. The van der Waals surface area contributed by atoms with E-state index in [9.17, 15) is 4.79 Å². The maximum Gasteiger partial charge on any atom is 0.233 e. The van der Waals surface area contributed by atoms with Crippen LogP contribution in [-0.2, 0) is 9.53 Å². The van der Waals surface area contributed by atoms with Gasteiger partial charge in [-0.1, -0.05) is 30.0 Å². The lowest BCUT2D eigenvalue weighted by molar-refractivity contribution is -0.140. The molecule has 0 aliphatic carbocycles. The van der Waals surface area contributed by atoms with Crippen LogP contribution < -0.4 is 0 Å². The number of ether oxygens (including phenoxy) is 1. The van der Waals surface area contributed by atoms with Crippen molar-refractivity contribution >= 4 is 34.2 Å². The normalized spacial score (nSPS) is 20.8. The van der Waals surface area contributed by atoms with Gasteiger partial charge in [-0.25, -0.2) is 0 Å². The van der Waals surface area contributed by atoms with Crippen LogP contribution in [0.5, 0.6) is 0 Å². The Balaban J connectivity index is 1.58. The number of aromatic nitrogens is 3. The summed E-state index contributed by atoms with van der Waals surface area (Å²) >= 11 is 1.44. The maximum absolute atomic E-state index is 12.6.